The third-order valence-electron chi connectivity index (χ3n) is 3.89. The van der Waals surface area contributed by atoms with Crippen molar-refractivity contribution < 1.29 is 14.3 Å². The molecule has 0 spiro atoms. The summed E-state index contributed by atoms with van der Waals surface area (Å²) in [6.07, 6.45) is 1.55. The molecule has 144 valence electrons. The van der Waals surface area contributed by atoms with Gasteiger partial charge in [0, 0.05) is 6.54 Å². The average Bonchev–Trinajstić information content (AvgIpc) is 3.14. The van der Waals surface area contributed by atoms with Crippen molar-refractivity contribution in [3.63, 3.8) is 0 Å². The van der Waals surface area contributed by atoms with Gasteiger partial charge in [0.25, 0.3) is 0 Å². The molecule has 1 heterocycles. The molecule has 0 saturated heterocycles. The average molecular weight is 473 g/mol. The minimum Gasteiger partial charge on any atom is -0.496 e. The van der Waals surface area contributed by atoms with Crippen LogP contribution >= 0.6 is 24.0 Å². The molecule has 3 N–H and O–H groups in total. The Morgan fingerprint density at radius 3 is 2.69 bits per heavy atom. The molecule has 0 aliphatic heterocycles. The van der Waals surface area contributed by atoms with Crippen LogP contribution in [0.2, 0.25) is 0 Å². The van der Waals surface area contributed by atoms with Gasteiger partial charge in [0.15, 0.2) is 5.96 Å². The van der Waals surface area contributed by atoms with Gasteiger partial charge < -0.3 is 24.9 Å². The zero-order valence-electron chi connectivity index (χ0n) is 15.7. The molecule has 7 heteroatoms. The minimum absolute atomic E-state index is 0. The molecule has 26 heavy (non-hydrogen) atoms. The van der Waals surface area contributed by atoms with Crippen molar-refractivity contribution in [1.29, 1.82) is 0 Å². The highest BCUT2D eigenvalue weighted by atomic mass is 127. The second-order valence-electron chi connectivity index (χ2n) is 6.10. The van der Waals surface area contributed by atoms with Crippen LogP contribution < -0.4 is 15.4 Å². The number of methoxy groups -OCH3 is 1. The van der Waals surface area contributed by atoms with Gasteiger partial charge in [0.1, 0.15) is 17.1 Å². The second-order valence-corrected chi connectivity index (χ2v) is 6.10. The van der Waals surface area contributed by atoms with E-state index in [1.807, 2.05) is 32.0 Å². The molecule has 1 aromatic carbocycles. The summed E-state index contributed by atoms with van der Waals surface area (Å²) in [5.74, 6) is 2.00. The Morgan fingerprint density at radius 2 is 2.08 bits per heavy atom. The number of aryl methyl sites for hydroxylation is 1. The van der Waals surface area contributed by atoms with Crippen molar-refractivity contribution in [2.45, 2.75) is 32.9 Å². The highest BCUT2D eigenvalue weighted by molar-refractivity contribution is 14.0. The lowest BCUT2D eigenvalue weighted by Gasteiger charge is -2.22. The molecule has 6 nitrogen and oxygen atoms in total. The van der Waals surface area contributed by atoms with Crippen molar-refractivity contribution in [3.8, 4) is 5.75 Å². The quantitative estimate of drug-likeness (QED) is 0.327. The Bertz CT molecular complexity index is 700. The monoisotopic (exact) mass is 473 g/mol. The first-order chi connectivity index (χ1) is 12.0. The van der Waals surface area contributed by atoms with Crippen molar-refractivity contribution in [2.75, 3.05) is 20.2 Å². The molecule has 0 amide bonds. The molecular formula is C19H28IN3O3. The van der Waals surface area contributed by atoms with Gasteiger partial charge in [-0.15, -0.1) is 24.0 Å². The fourth-order valence-corrected chi connectivity index (χ4v) is 2.40. The van der Waals surface area contributed by atoms with Gasteiger partial charge in [-0.3, -0.25) is 0 Å². The summed E-state index contributed by atoms with van der Waals surface area (Å²) >= 11 is 0. The van der Waals surface area contributed by atoms with E-state index in [0.29, 0.717) is 18.3 Å². The Hall–Kier alpha value is -1.74. The van der Waals surface area contributed by atoms with Crippen LogP contribution in [0.3, 0.4) is 0 Å². The van der Waals surface area contributed by atoms with E-state index in [2.05, 4.69) is 15.6 Å². The van der Waals surface area contributed by atoms with Gasteiger partial charge in [0.05, 0.1) is 26.5 Å². The van der Waals surface area contributed by atoms with E-state index >= 15 is 0 Å². The predicted molar refractivity (Wildman–Crippen MR) is 114 cm³/mol. The molecule has 0 radical (unpaired) electrons. The van der Waals surface area contributed by atoms with Crippen LogP contribution in [0.5, 0.6) is 5.75 Å². The standard InChI is InChI=1S/C19H27N3O3.HI/c1-5-20-18(22-13-19(3,23)17-7-6-10-25-17)21-12-15-9-8-14(2)16(11-15)24-4;/h6-11,23H,5,12-13H2,1-4H3,(H2,20,21,22);1H. The van der Waals surface area contributed by atoms with E-state index in [1.165, 1.54) is 0 Å². The number of furan rings is 1. The summed E-state index contributed by atoms with van der Waals surface area (Å²) in [5.41, 5.74) is 1.03. The largest absolute Gasteiger partial charge is 0.496 e. The third kappa shape index (κ3) is 6.21. The molecule has 0 aliphatic carbocycles. The van der Waals surface area contributed by atoms with Crippen LogP contribution in [0.15, 0.2) is 46.0 Å². The minimum atomic E-state index is -1.12. The first-order valence-corrected chi connectivity index (χ1v) is 8.38. The van der Waals surface area contributed by atoms with Gasteiger partial charge >= 0.3 is 0 Å². The molecule has 1 atom stereocenters. The van der Waals surface area contributed by atoms with Crippen LogP contribution in [0, 0.1) is 6.92 Å². The van der Waals surface area contributed by atoms with Crippen molar-refractivity contribution in [2.24, 2.45) is 4.99 Å². The summed E-state index contributed by atoms with van der Waals surface area (Å²) in [6.45, 7) is 7.22. The normalized spacial score (nSPS) is 13.5. The fourth-order valence-electron chi connectivity index (χ4n) is 2.40. The van der Waals surface area contributed by atoms with Crippen LogP contribution in [0.1, 0.15) is 30.7 Å². The van der Waals surface area contributed by atoms with Gasteiger partial charge in [0.2, 0.25) is 0 Å². The Balaban J connectivity index is 0.00000338. The molecule has 1 aromatic heterocycles. The van der Waals surface area contributed by atoms with E-state index < -0.39 is 5.60 Å². The van der Waals surface area contributed by atoms with Crippen molar-refractivity contribution >= 4 is 29.9 Å². The third-order valence-corrected chi connectivity index (χ3v) is 3.89. The Labute approximate surface area is 172 Å². The first-order valence-electron chi connectivity index (χ1n) is 8.38. The van der Waals surface area contributed by atoms with Gasteiger partial charge in [-0.1, -0.05) is 12.1 Å². The lowest BCUT2D eigenvalue weighted by molar-refractivity contribution is 0.0386. The van der Waals surface area contributed by atoms with E-state index in [9.17, 15) is 5.11 Å². The number of rotatable bonds is 7. The highest BCUT2D eigenvalue weighted by Crippen LogP contribution is 2.20. The lowest BCUT2D eigenvalue weighted by Crippen LogP contribution is -2.44. The summed E-state index contributed by atoms with van der Waals surface area (Å²) in [6, 6.07) is 9.55. The van der Waals surface area contributed by atoms with Gasteiger partial charge in [-0.05, 0) is 50.1 Å². The number of aliphatic imine (C=N–C) groups is 1. The maximum atomic E-state index is 10.5. The Morgan fingerprint density at radius 1 is 1.31 bits per heavy atom. The SMILES string of the molecule is CCNC(=NCc1ccc(C)c(OC)c1)NCC(C)(O)c1ccco1.I. The van der Waals surface area contributed by atoms with Crippen LogP contribution in [0.25, 0.3) is 0 Å². The van der Waals surface area contributed by atoms with Crippen molar-refractivity contribution in [1.82, 2.24) is 10.6 Å². The summed E-state index contributed by atoms with van der Waals surface area (Å²) in [4.78, 5) is 4.57. The summed E-state index contributed by atoms with van der Waals surface area (Å²) in [5, 5.41) is 16.9. The van der Waals surface area contributed by atoms with E-state index in [-0.39, 0.29) is 30.5 Å². The second kappa shape index (κ2) is 10.4. The molecule has 0 aliphatic rings. The molecule has 0 saturated carbocycles. The van der Waals surface area contributed by atoms with Crippen molar-refractivity contribution in [3.05, 3.63) is 53.5 Å². The molecule has 2 aromatic rings. The number of halogens is 1. The maximum absolute atomic E-state index is 10.5. The number of guanidine groups is 1. The van der Waals surface area contributed by atoms with E-state index in [0.717, 1.165) is 23.4 Å². The number of nitrogens with one attached hydrogen (secondary N) is 2. The van der Waals surface area contributed by atoms with E-state index in [1.54, 1.807) is 32.4 Å². The number of nitrogens with zero attached hydrogens (tertiary/aromatic N) is 1. The number of hydrogen-bond donors (Lipinski definition) is 3. The van der Waals surface area contributed by atoms with Crippen LogP contribution in [-0.2, 0) is 12.1 Å². The molecule has 2 rings (SSSR count). The topological polar surface area (TPSA) is 79.0 Å². The fraction of sp³-hybridized carbons (Fsp3) is 0.421. The maximum Gasteiger partial charge on any atom is 0.191 e. The molecule has 1 unspecified atom stereocenters. The summed E-state index contributed by atoms with van der Waals surface area (Å²) in [7, 11) is 1.66. The highest BCUT2D eigenvalue weighted by Gasteiger charge is 2.26. The molecular weight excluding hydrogens is 445 g/mol. The number of benzene rings is 1. The molecule has 0 bridgehead atoms. The zero-order valence-corrected chi connectivity index (χ0v) is 18.0. The van der Waals surface area contributed by atoms with Crippen LogP contribution in [-0.4, -0.2) is 31.3 Å². The number of ether oxygens (including phenoxy) is 1. The predicted octanol–water partition coefficient (Wildman–Crippen LogP) is 3.18. The van der Waals surface area contributed by atoms with Gasteiger partial charge in [-0.2, -0.15) is 0 Å². The summed E-state index contributed by atoms with van der Waals surface area (Å²) < 4.78 is 10.6. The Kier molecular flexibility index (Phi) is 8.94. The molecule has 0 fully saturated rings. The number of hydrogen-bond acceptors (Lipinski definition) is 4. The van der Waals surface area contributed by atoms with E-state index in [4.69, 9.17) is 9.15 Å². The lowest BCUT2D eigenvalue weighted by atomic mass is 10.0. The number of aliphatic hydroxyl groups is 1. The van der Waals surface area contributed by atoms with Crippen LogP contribution in [0.4, 0.5) is 0 Å². The smallest absolute Gasteiger partial charge is 0.191 e. The first kappa shape index (κ1) is 22.3. The van der Waals surface area contributed by atoms with Gasteiger partial charge in [-0.25, -0.2) is 4.99 Å². The zero-order chi connectivity index (χ0) is 18.3.